The van der Waals surface area contributed by atoms with E-state index < -0.39 is 5.60 Å². The van der Waals surface area contributed by atoms with Gasteiger partial charge in [-0.25, -0.2) is 0 Å². The SMILES string of the molecule is CC.C[N+](C)(CCCOC1=CC=CCC=C1)Cc1noc(C(O)(c2ccccc2)C2CCCCC2)n1. The van der Waals surface area contributed by atoms with Crippen LogP contribution in [0.25, 0.3) is 0 Å². The van der Waals surface area contributed by atoms with E-state index in [9.17, 15) is 5.11 Å². The molecule has 1 heterocycles. The Morgan fingerprint density at radius 3 is 2.58 bits per heavy atom. The smallest absolute Gasteiger partial charge is 0.263 e. The molecular formula is C30H44N3O3+. The Morgan fingerprint density at radius 2 is 1.83 bits per heavy atom. The predicted octanol–water partition coefficient (Wildman–Crippen LogP) is 6.30. The van der Waals surface area contributed by atoms with Gasteiger partial charge in [0.2, 0.25) is 5.82 Å². The second-order valence-electron chi connectivity index (χ2n) is 10.1. The molecule has 1 atom stereocenters. The summed E-state index contributed by atoms with van der Waals surface area (Å²) in [7, 11) is 4.32. The summed E-state index contributed by atoms with van der Waals surface area (Å²) in [6, 6.07) is 9.81. The maximum absolute atomic E-state index is 12.0. The number of ether oxygens (including phenoxy) is 1. The Morgan fingerprint density at radius 1 is 1.08 bits per heavy atom. The maximum atomic E-state index is 12.0. The van der Waals surface area contributed by atoms with Crippen molar-refractivity contribution in [3.05, 3.63) is 83.7 Å². The van der Waals surface area contributed by atoms with E-state index in [1.54, 1.807) is 0 Å². The van der Waals surface area contributed by atoms with Gasteiger partial charge in [-0.2, -0.15) is 4.98 Å². The summed E-state index contributed by atoms with van der Waals surface area (Å²) >= 11 is 0. The molecule has 36 heavy (non-hydrogen) atoms. The Labute approximate surface area is 217 Å². The highest BCUT2D eigenvalue weighted by molar-refractivity contribution is 5.29. The van der Waals surface area contributed by atoms with Crippen LogP contribution in [-0.2, 0) is 16.9 Å². The lowest BCUT2D eigenvalue weighted by Gasteiger charge is -2.36. The van der Waals surface area contributed by atoms with E-state index in [1.807, 2.05) is 62.4 Å². The average molecular weight is 495 g/mol. The van der Waals surface area contributed by atoms with Crippen molar-refractivity contribution in [2.75, 3.05) is 27.2 Å². The fourth-order valence-electron chi connectivity index (χ4n) is 5.02. The van der Waals surface area contributed by atoms with Gasteiger partial charge in [0.1, 0.15) is 12.3 Å². The number of nitrogens with zero attached hydrogens (tertiary/aromatic N) is 3. The van der Waals surface area contributed by atoms with Gasteiger partial charge >= 0.3 is 0 Å². The maximum Gasteiger partial charge on any atom is 0.263 e. The van der Waals surface area contributed by atoms with Crippen LogP contribution >= 0.6 is 0 Å². The molecule has 0 spiro atoms. The lowest BCUT2D eigenvalue weighted by molar-refractivity contribution is -0.904. The molecule has 2 aliphatic carbocycles. The van der Waals surface area contributed by atoms with Crippen LogP contribution in [0, 0.1) is 5.92 Å². The highest BCUT2D eigenvalue weighted by Gasteiger charge is 2.45. The Kier molecular flexibility index (Phi) is 10.5. The van der Waals surface area contributed by atoms with E-state index in [-0.39, 0.29) is 5.92 Å². The lowest BCUT2D eigenvalue weighted by atomic mass is 9.73. The summed E-state index contributed by atoms with van der Waals surface area (Å²) in [6.45, 7) is 6.21. The zero-order chi connectivity index (χ0) is 25.9. The Bertz CT molecular complexity index is 1000. The van der Waals surface area contributed by atoms with E-state index in [2.05, 4.69) is 31.4 Å². The van der Waals surface area contributed by atoms with E-state index in [1.165, 1.54) is 6.42 Å². The standard InChI is InChI=1S/C28H38N3O3.C2H6/c1-31(2,20-13-21-33-25-18-11-3-4-12-19-25)22-26-29-27(34-30-26)28(32,23-14-7-5-8-15-23)24-16-9-6-10-17-24;1-2/h3,5,7-8,11-12,14-15,18-19,24,32H,4,6,9-10,13,16-17,20-22H2,1-2H3;1-2H3/q+1;. The zero-order valence-electron chi connectivity index (χ0n) is 22.5. The Hall–Kier alpha value is -2.70. The molecule has 0 aliphatic heterocycles. The molecule has 1 saturated carbocycles. The largest absolute Gasteiger partial charge is 0.493 e. The van der Waals surface area contributed by atoms with Gasteiger partial charge in [-0.15, -0.1) is 0 Å². The quantitative estimate of drug-likeness (QED) is 0.310. The van der Waals surface area contributed by atoms with Gasteiger partial charge in [0.05, 0.1) is 27.2 Å². The molecule has 1 fully saturated rings. The lowest BCUT2D eigenvalue weighted by Crippen LogP contribution is -2.40. The molecule has 1 N–H and O–H groups in total. The fraction of sp³-hybridized carbons (Fsp3) is 0.533. The summed E-state index contributed by atoms with van der Waals surface area (Å²) in [6.07, 6.45) is 17.5. The average Bonchev–Trinajstić information content (AvgIpc) is 3.21. The fourth-order valence-corrected chi connectivity index (χ4v) is 5.02. The molecule has 0 bridgehead atoms. The highest BCUT2D eigenvalue weighted by atomic mass is 16.5. The van der Waals surface area contributed by atoms with Gasteiger partial charge in [-0.3, -0.25) is 0 Å². The van der Waals surface area contributed by atoms with Gasteiger partial charge in [0.15, 0.2) is 5.60 Å². The van der Waals surface area contributed by atoms with Crippen LogP contribution in [0.2, 0.25) is 0 Å². The monoisotopic (exact) mass is 494 g/mol. The first kappa shape index (κ1) is 27.9. The summed E-state index contributed by atoms with van der Waals surface area (Å²) in [5, 5.41) is 16.3. The normalized spacial score (nSPS) is 18.0. The van der Waals surface area contributed by atoms with Gasteiger partial charge in [-0.1, -0.05) is 86.8 Å². The number of aliphatic hydroxyl groups is 1. The molecule has 196 valence electrons. The van der Waals surface area contributed by atoms with Crippen molar-refractivity contribution in [3.8, 4) is 0 Å². The third kappa shape index (κ3) is 7.40. The number of rotatable bonds is 10. The van der Waals surface area contributed by atoms with Crippen LogP contribution in [0.1, 0.15) is 76.1 Å². The number of benzene rings is 1. The van der Waals surface area contributed by atoms with Crippen LogP contribution in [0.15, 0.2) is 71.0 Å². The van der Waals surface area contributed by atoms with Crippen molar-refractivity contribution < 1.29 is 18.8 Å². The van der Waals surface area contributed by atoms with E-state index >= 15 is 0 Å². The third-order valence-corrected chi connectivity index (χ3v) is 6.90. The molecule has 4 rings (SSSR count). The first-order valence-corrected chi connectivity index (χ1v) is 13.6. The predicted molar refractivity (Wildman–Crippen MR) is 144 cm³/mol. The molecule has 1 unspecified atom stereocenters. The minimum atomic E-state index is -1.24. The summed E-state index contributed by atoms with van der Waals surface area (Å²) < 4.78 is 12.3. The van der Waals surface area contributed by atoms with E-state index in [4.69, 9.17) is 14.2 Å². The van der Waals surface area contributed by atoms with Crippen LogP contribution in [0.3, 0.4) is 0 Å². The second kappa shape index (κ2) is 13.6. The topological polar surface area (TPSA) is 68.4 Å². The molecule has 2 aromatic rings. The second-order valence-corrected chi connectivity index (χ2v) is 10.1. The number of allylic oxidation sites excluding steroid dienone is 5. The molecule has 1 aromatic heterocycles. The Balaban J connectivity index is 0.00000176. The summed E-state index contributed by atoms with van der Waals surface area (Å²) in [4.78, 5) is 4.73. The number of hydrogen-bond acceptors (Lipinski definition) is 5. The van der Waals surface area contributed by atoms with Crippen molar-refractivity contribution in [1.29, 1.82) is 0 Å². The van der Waals surface area contributed by atoms with Crippen LogP contribution < -0.4 is 0 Å². The summed E-state index contributed by atoms with van der Waals surface area (Å²) in [5.41, 5.74) is -0.411. The molecule has 1 aromatic carbocycles. The van der Waals surface area contributed by atoms with Crippen molar-refractivity contribution in [2.24, 2.45) is 5.92 Å². The van der Waals surface area contributed by atoms with Crippen molar-refractivity contribution >= 4 is 0 Å². The number of aromatic nitrogens is 2. The van der Waals surface area contributed by atoms with Gasteiger partial charge < -0.3 is 18.8 Å². The molecule has 0 radical (unpaired) electrons. The van der Waals surface area contributed by atoms with E-state index in [0.29, 0.717) is 29.3 Å². The van der Waals surface area contributed by atoms with Crippen molar-refractivity contribution in [2.45, 2.75) is 70.9 Å². The highest BCUT2D eigenvalue weighted by Crippen LogP contribution is 2.43. The minimum absolute atomic E-state index is 0.0822. The molecule has 6 nitrogen and oxygen atoms in total. The zero-order valence-corrected chi connectivity index (χ0v) is 22.5. The molecular weight excluding hydrogens is 450 g/mol. The van der Waals surface area contributed by atoms with Crippen LogP contribution in [-0.4, -0.2) is 47.0 Å². The first-order chi connectivity index (χ1) is 17.5. The molecule has 0 amide bonds. The minimum Gasteiger partial charge on any atom is -0.493 e. The van der Waals surface area contributed by atoms with Crippen molar-refractivity contribution in [1.82, 2.24) is 10.1 Å². The van der Waals surface area contributed by atoms with E-state index in [0.717, 1.165) is 56.4 Å². The number of quaternary nitrogens is 1. The first-order valence-electron chi connectivity index (χ1n) is 13.6. The summed E-state index contributed by atoms with van der Waals surface area (Å²) in [5.74, 6) is 1.94. The van der Waals surface area contributed by atoms with Crippen molar-refractivity contribution in [3.63, 3.8) is 0 Å². The van der Waals surface area contributed by atoms with Crippen LogP contribution in [0.4, 0.5) is 0 Å². The van der Waals surface area contributed by atoms with Gasteiger partial charge in [0, 0.05) is 12.3 Å². The molecule has 6 heteroatoms. The van der Waals surface area contributed by atoms with Gasteiger partial charge in [-0.05, 0) is 37.0 Å². The molecule has 0 saturated heterocycles. The van der Waals surface area contributed by atoms with Crippen LogP contribution in [0.5, 0.6) is 0 Å². The third-order valence-electron chi connectivity index (χ3n) is 6.90. The number of hydrogen-bond donors (Lipinski definition) is 1. The molecule has 2 aliphatic rings. The van der Waals surface area contributed by atoms with Gasteiger partial charge in [0.25, 0.3) is 5.89 Å².